The Morgan fingerprint density at radius 1 is 1.06 bits per heavy atom. The summed E-state index contributed by atoms with van der Waals surface area (Å²) < 4.78 is 15.5. The second kappa shape index (κ2) is 10.7. The Kier molecular flexibility index (Phi) is 10.6. The van der Waals surface area contributed by atoms with Crippen molar-refractivity contribution in [1.82, 2.24) is 4.90 Å². The number of ether oxygens (including phenoxy) is 3. The molecule has 0 amide bonds. The normalized spacial score (nSPS) is 15.3. The fraction of sp³-hybridized carbons (Fsp3) is 1.00. The Morgan fingerprint density at radius 3 is 2.22 bits per heavy atom. The molecular weight excluding hydrogens is 234 g/mol. The zero-order valence-electron chi connectivity index (χ0n) is 12.4. The van der Waals surface area contributed by atoms with E-state index in [1.807, 2.05) is 6.92 Å². The van der Waals surface area contributed by atoms with Crippen LogP contribution >= 0.6 is 0 Å². The summed E-state index contributed by atoms with van der Waals surface area (Å²) in [4.78, 5) is 2.18. The Morgan fingerprint density at radius 2 is 1.72 bits per heavy atom. The van der Waals surface area contributed by atoms with Crippen LogP contribution in [0, 0.1) is 0 Å². The molecule has 0 aromatic carbocycles. The number of rotatable bonds is 11. The number of hydrogen-bond donors (Lipinski definition) is 1. The first kappa shape index (κ1) is 17.8. The van der Waals surface area contributed by atoms with Crippen LogP contribution in [0.5, 0.6) is 0 Å². The molecule has 0 saturated carbocycles. The first-order valence-corrected chi connectivity index (χ1v) is 6.52. The molecule has 0 radical (unpaired) electrons. The minimum atomic E-state index is -0.483. The van der Waals surface area contributed by atoms with Crippen molar-refractivity contribution in [3.63, 3.8) is 0 Å². The molecule has 110 valence electrons. The first-order chi connectivity index (χ1) is 8.51. The van der Waals surface area contributed by atoms with Crippen LogP contribution in [0.25, 0.3) is 0 Å². The lowest BCUT2D eigenvalue weighted by Gasteiger charge is -2.28. The highest BCUT2D eigenvalue weighted by molar-refractivity contribution is 4.68. The Bertz CT molecular complexity index is 190. The quantitative estimate of drug-likeness (QED) is 0.596. The smallest absolute Gasteiger partial charge is 0.0900 e. The highest BCUT2D eigenvalue weighted by Gasteiger charge is 2.15. The SMILES string of the molecule is COCCN(CC(O)COC(C)COC)C(C)C. The van der Waals surface area contributed by atoms with Gasteiger partial charge in [-0.15, -0.1) is 0 Å². The van der Waals surface area contributed by atoms with Crippen molar-refractivity contribution < 1.29 is 19.3 Å². The molecule has 0 bridgehead atoms. The second-order valence-corrected chi connectivity index (χ2v) is 4.83. The van der Waals surface area contributed by atoms with Crippen LogP contribution in [0.3, 0.4) is 0 Å². The third kappa shape index (κ3) is 8.83. The summed E-state index contributed by atoms with van der Waals surface area (Å²) in [5.41, 5.74) is 0. The van der Waals surface area contributed by atoms with Gasteiger partial charge in [0.1, 0.15) is 0 Å². The third-order valence-electron chi connectivity index (χ3n) is 2.73. The molecule has 0 fully saturated rings. The van der Waals surface area contributed by atoms with E-state index in [0.29, 0.717) is 32.4 Å². The summed E-state index contributed by atoms with van der Waals surface area (Å²) in [5, 5.41) is 9.94. The van der Waals surface area contributed by atoms with Gasteiger partial charge in [-0.2, -0.15) is 0 Å². The molecule has 0 aliphatic heterocycles. The van der Waals surface area contributed by atoms with E-state index in [1.165, 1.54) is 0 Å². The lowest BCUT2D eigenvalue weighted by atomic mass is 10.2. The van der Waals surface area contributed by atoms with Gasteiger partial charge in [0.25, 0.3) is 0 Å². The summed E-state index contributed by atoms with van der Waals surface area (Å²) in [6.45, 7) is 9.12. The minimum absolute atomic E-state index is 0.0103. The van der Waals surface area contributed by atoms with E-state index in [0.717, 1.165) is 6.54 Å². The Labute approximate surface area is 111 Å². The topological polar surface area (TPSA) is 51.2 Å². The number of nitrogens with zero attached hydrogens (tertiary/aromatic N) is 1. The van der Waals surface area contributed by atoms with E-state index >= 15 is 0 Å². The molecule has 0 heterocycles. The number of aliphatic hydroxyl groups is 1. The molecule has 0 aromatic heterocycles. The summed E-state index contributed by atoms with van der Waals surface area (Å²) >= 11 is 0. The van der Waals surface area contributed by atoms with Crippen LogP contribution in [0.1, 0.15) is 20.8 Å². The van der Waals surface area contributed by atoms with Gasteiger partial charge in [0.2, 0.25) is 0 Å². The van der Waals surface area contributed by atoms with Crippen molar-refractivity contribution in [2.75, 3.05) is 47.1 Å². The number of aliphatic hydroxyl groups excluding tert-OH is 1. The van der Waals surface area contributed by atoms with Gasteiger partial charge >= 0.3 is 0 Å². The predicted molar refractivity (Wildman–Crippen MR) is 71.9 cm³/mol. The van der Waals surface area contributed by atoms with Gasteiger partial charge in [0.05, 0.1) is 32.0 Å². The average molecular weight is 263 g/mol. The maximum Gasteiger partial charge on any atom is 0.0900 e. The van der Waals surface area contributed by atoms with E-state index in [9.17, 15) is 5.11 Å². The molecular formula is C13H29NO4. The monoisotopic (exact) mass is 263 g/mol. The third-order valence-corrected chi connectivity index (χ3v) is 2.73. The lowest BCUT2D eigenvalue weighted by molar-refractivity contribution is -0.0432. The van der Waals surface area contributed by atoms with Crippen LogP contribution in [0.4, 0.5) is 0 Å². The van der Waals surface area contributed by atoms with Gasteiger partial charge < -0.3 is 19.3 Å². The van der Waals surface area contributed by atoms with E-state index in [2.05, 4.69) is 18.7 Å². The highest BCUT2D eigenvalue weighted by Crippen LogP contribution is 2.02. The zero-order chi connectivity index (χ0) is 14.0. The predicted octanol–water partition coefficient (Wildman–Crippen LogP) is 0.756. The molecule has 1 N–H and O–H groups in total. The molecule has 5 heteroatoms. The molecule has 0 saturated heterocycles. The average Bonchev–Trinajstić information content (AvgIpc) is 2.32. The lowest BCUT2D eigenvalue weighted by Crippen LogP contribution is -2.41. The molecule has 0 aromatic rings. The highest BCUT2D eigenvalue weighted by atomic mass is 16.5. The fourth-order valence-electron chi connectivity index (χ4n) is 1.65. The largest absolute Gasteiger partial charge is 0.389 e. The molecule has 5 nitrogen and oxygen atoms in total. The minimum Gasteiger partial charge on any atom is -0.389 e. The Hall–Kier alpha value is -0.200. The van der Waals surface area contributed by atoms with Crippen molar-refractivity contribution in [3.05, 3.63) is 0 Å². The van der Waals surface area contributed by atoms with Crippen LogP contribution in [-0.4, -0.2) is 75.4 Å². The van der Waals surface area contributed by atoms with Gasteiger partial charge in [-0.1, -0.05) is 0 Å². The van der Waals surface area contributed by atoms with E-state index in [1.54, 1.807) is 14.2 Å². The van der Waals surface area contributed by atoms with Crippen LogP contribution < -0.4 is 0 Å². The second-order valence-electron chi connectivity index (χ2n) is 4.83. The van der Waals surface area contributed by atoms with Crippen molar-refractivity contribution in [1.29, 1.82) is 0 Å². The van der Waals surface area contributed by atoms with E-state index < -0.39 is 6.10 Å². The van der Waals surface area contributed by atoms with Crippen molar-refractivity contribution in [2.45, 2.75) is 39.0 Å². The summed E-state index contributed by atoms with van der Waals surface area (Å²) in [6, 6.07) is 0.381. The molecule has 0 rings (SSSR count). The van der Waals surface area contributed by atoms with Crippen LogP contribution in [-0.2, 0) is 14.2 Å². The maximum absolute atomic E-state index is 9.94. The fourth-order valence-corrected chi connectivity index (χ4v) is 1.65. The molecule has 0 aliphatic rings. The van der Waals surface area contributed by atoms with Gasteiger partial charge in [-0.3, -0.25) is 4.90 Å². The maximum atomic E-state index is 9.94. The summed E-state index contributed by atoms with van der Waals surface area (Å²) in [7, 11) is 3.33. The van der Waals surface area contributed by atoms with Gasteiger partial charge in [-0.05, 0) is 20.8 Å². The number of hydrogen-bond acceptors (Lipinski definition) is 5. The van der Waals surface area contributed by atoms with Crippen LogP contribution in [0.15, 0.2) is 0 Å². The van der Waals surface area contributed by atoms with Crippen molar-refractivity contribution >= 4 is 0 Å². The van der Waals surface area contributed by atoms with Gasteiger partial charge in [0.15, 0.2) is 0 Å². The Balaban J connectivity index is 3.90. The van der Waals surface area contributed by atoms with E-state index in [-0.39, 0.29) is 6.10 Å². The molecule has 0 spiro atoms. The zero-order valence-corrected chi connectivity index (χ0v) is 12.4. The van der Waals surface area contributed by atoms with Gasteiger partial charge in [0, 0.05) is 33.4 Å². The van der Waals surface area contributed by atoms with E-state index in [4.69, 9.17) is 14.2 Å². The van der Waals surface area contributed by atoms with Crippen LogP contribution in [0.2, 0.25) is 0 Å². The van der Waals surface area contributed by atoms with Crippen molar-refractivity contribution in [2.24, 2.45) is 0 Å². The summed E-state index contributed by atoms with van der Waals surface area (Å²) in [5.74, 6) is 0. The molecule has 0 aliphatic carbocycles. The first-order valence-electron chi connectivity index (χ1n) is 6.52. The molecule has 18 heavy (non-hydrogen) atoms. The van der Waals surface area contributed by atoms with Gasteiger partial charge in [-0.25, -0.2) is 0 Å². The molecule has 2 atom stereocenters. The standard InChI is InChI=1S/C13H29NO4/c1-11(2)14(6-7-16-4)8-13(15)10-18-12(3)9-17-5/h11-13,15H,6-10H2,1-5H3. The van der Waals surface area contributed by atoms with Crippen molar-refractivity contribution in [3.8, 4) is 0 Å². The summed E-state index contributed by atoms with van der Waals surface area (Å²) in [6.07, 6.45) is -0.473. The molecule has 2 unspecified atom stereocenters. The number of methoxy groups -OCH3 is 2.